The molecule has 0 heterocycles. The summed E-state index contributed by atoms with van der Waals surface area (Å²) < 4.78 is 0. The van der Waals surface area contributed by atoms with Gasteiger partial charge in [0.25, 0.3) is 0 Å². The molecule has 0 heteroatoms. The van der Waals surface area contributed by atoms with Crippen molar-refractivity contribution in [3.05, 3.63) is 36.0 Å². The quantitative estimate of drug-likeness (QED) is 0.549. The van der Waals surface area contributed by atoms with Crippen LogP contribution in [0.25, 0.3) is 0 Å². The highest BCUT2D eigenvalue weighted by atomic mass is 14.4. The SMILES string of the molecule is C=C(C)[C@@H]1CC=C2C=CC[C@H](C)[C@@]2(C)C1. The molecule has 0 N–H and O–H groups in total. The molecular formula is C15H22. The Morgan fingerprint density at radius 2 is 2.20 bits per heavy atom. The summed E-state index contributed by atoms with van der Waals surface area (Å²) in [5.41, 5.74) is 3.32. The molecule has 2 aliphatic rings. The first-order valence-electron chi connectivity index (χ1n) is 6.06. The average molecular weight is 202 g/mol. The van der Waals surface area contributed by atoms with Crippen molar-refractivity contribution >= 4 is 0 Å². The molecule has 0 aromatic rings. The highest BCUT2D eigenvalue weighted by molar-refractivity contribution is 5.33. The fourth-order valence-corrected chi connectivity index (χ4v) is 2.99. The Morgan fingerprint density at radius 3 is 2.87 bits per heavy atom. The van der Waals surface area contributed by atoms with E-state index in [0.29, 0.717) is 11.3 Å². The van der Waals surface area contributed by atoms with E-state index < -0.39 is 0 Å². The maximum Gasteiger partial charge on any atom is -0.00442 e. The van der Waals surface area contributed by atoms with Gasteiger partial charge in [-0.25, -0.2) is 0 Å². The number of rotatable bonds is 1. The number of fused-ring (bicyclic) bond motifs is 1. The third-order valence-corrected chi connectivity index (χ3v) is 4.52. The molecule has 82 valence electrons. The molecule has 2 aliphatic carbocycles. The minimum Gasteiger partial charge on any atom is -0.0998 e. The van der Waals surface area contributed by atoms with Crippen LogP contribution in [-0.2, 0) is 0 Å². The molecule has 0 bridgehead atoms. The van der Waals surface area contributed by atoms with E-state index in [1.54, 1.807) is 5.57 Å². The van der Waals surface area contributed by atoms with Crippen LogP contribution in [0, 0.1) is 17.3 Å². The van der Waals surface area contributed by atoms with Crippen LogP contribution >= 0.6 is 0 Å². The minimum absolute atomic E-state index is 0.399. The van der Waals surface area contributed by atoms with Crippen molar-refractivity contribution < 1.29 is 0 Å². The fourth-order valence-electron chi connectivity index (χ4n) is 2.99. The lowest BCUT2D eigenvalue weighted by molar-refractivity contribution is 0.194. The van der Waals surface area contributed by atoms with Crippen molar-refractivity contribution in [2.45, 2.75) is 40.0 Å². The van der Waals surface area contributed by atoms with Gasteiger partial charge in [-0.15, -0.1) is 0 Å². The molecule has 0 radical (unpaired) electrons. The number of hydrogen-bond donors (Lipinski definition) is 0. The van der Waals surface area contributed by atoms with Gasteiger partial charge in [0.2, 0.25) is 0 Å². The van der Waals surface area contributed by atoms with E-state index in [2.05, 4.69) is 45.6 Å². The highest BCUT2D eigenvalue weighted by Gasteiger charge is 2.39. The normalized spacial score (nSPS) is 39.5. The lowest BCUT2D eigenvalue weighted by atomic mass is 9.60. The molecule has 0 saturated heterocycles. The lowest BCUT2D eigenvalue weighted by Gasteiger charge is -2.45. The smallest absolute Gasteiger partial charge is 0.00442 e. The topological polar surface area (TPSA) is 0 Å². The molecule has 0 aromatic heterocycles. The molecule has 0 amide bonds. The standard InChI is InChI=1S/C15H22/c1-11(2)13-8-9-14-7-5-6-12(3)15(14,4)10-13/h5,7,9,12-13H,1,6,8,10H2,2-4H3/t12-,13+,15+/m0/s1. The molecule has 0 aliphatic heterocycles. The van der Waals surface area contributed by atoms with Crippen molar-refractivity contribution in [1.29, 1.82) is 0 Å². The van der Waals surface area contributed by atoms with Gasteiger partial charge in [-0.05, 0) is 49.0 Å². The van der Waals surface area contributed by atoms with E-state index >= 15 is 0 Å². The second-order valence-corrected chi connectivity index (χ2v) is 5.60. The molecule has 0 saturated carbocycles. The third-order valence-electron chi connectivity index (χ3n) is 4.52. The van der Waals surface area contributed by atoms with Gasteiger partial charge in [-0.1, -0.05) is 44.2 Å². The number of allylic oxidation sites excluding steroid dienone is 5. The lowest BCUT2D eigenvalue weighted by Crippen LogP contribution is -2.34. The Balaban J connectivity index is 2.32. The third kappa shape index (κ3) is 1.71. The zero-order valence-corrected chi connectivity index (χ0v) is 10.2. The monoisotopic (exact) mass is 202 g/mol. The molecule has 0 fully saturated rings. The van der Waals surface area contributed by atoms with E-state index in [4.69, 9.17) is 0 Å². The Hall–Kier alpha value is -0.780. The van der Waals surface area contributed by atoms with Crippen LogP contribution < -0.4 is 0 Å². The van der Waals surface area contributed by atoms with Gasteiger partial charge in [0.05, 0.1) is 0 Å². The summed E-state index contributed by atoms with van der Waals surface area (Å²) in [6.45, 7) is 11.1. The van der Waals surface area contributed by atoms with Crippen LogP contribution in [0.5, 0.6) is 0 Å². The molecule has 0 spiro atoms. The summed E-state index contributed by atoms with van der Waals surface area (Å²) in [6.07, 6.45) is 10.8. The van der Waals surface area contributed by atoms with Gasteiger partial charge in [0.1, 0.15) is 0 Å². The van der Waals surface area contributed by atoms with Crippen LogP contribution in [0.1, 0.15) is 40.0 Å². The van der Waals surface area contributed by atoms with Gasteiger partial charge in [-0.2, -0.15) is 0 Å². The minimum atomic E-state index is 0.399. The average Bonchev–Trinajstić information content (AvgIpc) is 2.19. The fraction of sp³-hybridized carbons (Fsp3) is 0.600. The molecule has 0 unspecified atom stereocenters. The van der Waals surface area contributed by atoms with Crippen LogP contribution in [-0.4, -0.2) is 0 Å². The summed E-state index contributed by atoms with van der Waals surface area (Å²) in [6, 6.07) is 0. The predicted octanol–water partition coefficient (Wildman–Crippen LogP) is 4.50. The summed E-state index contributed by atoms with van der Waals surface area (Å²) in [7, 11) is 0. The second kappa shape index (κ2) is 3.66. The summed E-state index contributed by atoms with van der Waals surface area (Å²) in [5, 5.41) is 0. The largest absolute Gasteiger partial charge is 0.0998 e. The Bertz CT molecular complexity index is 332. The summed E-state index contributed by atoms with van der Waals surface area (Å²) >= 11 is 0. The Labute approximate surface area is 93.8 Å². The number of hydrogen-bond acceptors (Lipinski definition) is 0. The second-order valence-electron chi connectivity index (χ2n) is 5.60. The van der Waals surface area contributed by atoms with Gasteiger partial charge in [0, 0.05) is 0 Å². The molecule has 3 atom stereocenters. The summed E-state index contributed by atoms with van der Waals surface area (Å²) in [5.74, 6) is 1.48. The highest BCUT2D eigenvalue weighted by Crippen LogP contribution is 2.50. The van der Waals surface area contributed by atoms with Crippen molar-refractivity contribution in [2.24, 2.45) is 17.3 Å². The van der Waals surface area contributed by atoms with Crippen LogP contribution in [0.3, 0.4) is 0 Å². The molecule has 0 nitrogen and oxygen atoms in total. The molecule has 15 heavy (non-hydrogen) atoms. The zero-order chi connectivity index (χ0) is 11.1. The van der Waals surface area contributed by atoms with E-state index in [1.165, 1.54) is 24.8 Å². The van der Waals surface area contributed by atoms with Crippen molar-refractivity contribution in [3.63, 3.8) is 0 Å². The van der Waals surface area contributed by atoms with Gasteiger partial charge >= 0.3 is 0 Å². The van der Waals surface area contributed by atoms with Gasteiger partial charge < -0.3 is 0 Å². The first-order valence-corrected chi connectivity index (χ1v) is 6.06. The Kier molecular flexibility index (Phi) is 2.62. The van der Waals surface area contributed by atoms with Crippen molar-refractivity contribution in [2.75, 3.05) is 0 Å². The van der Waals surface area contributed by atoms with Crippen LogP contribution in [0.15, 0.2) is 36.0 Å². The maximum absolute atomic E-state index is 4.13. The predicted molar refractivity (Wildman–Crippen MR) is 66.6 cm³/mol. The van der Waals surface area contributed by atoms with E-state index in [0.717, 1.165) is 5.92 Å². The Morgan fingerprint density at radius 1 is 1.47 bits per heavy atom. The van der Waals surface area contributed by atoms with Gasteiger partial charge in [0.15, 0.2) is 0 Å². The van der Waals surface area contributed by atoms with Crippen molar-refractivity contribution in [3.8, 4) is 0 Å². The van der Waals surface area contributed by atoms with Crippen LogP contribution in [0.4, 0.5) is 0 Å². The molecular weight excluding hydrogens is 180 g/mol. The van der Waals surface area contributed by atoms with Gasteiger partial charge in [-0.3, -0.25) is 0 Å². The van der Waals surface area contributed by atoms with E-state index in [1.807, 2.05) is 0 Å². The van der Waals surface area contributed by atoms with E-state index in [-0.39, 0.29) is 0 Å². The zero-order valence-electron chi connectivity index (χ0n) is 10.2. The molecule has 0 aromatic carbocycles. The molecule has 2 rings (SSSR count). The first-order chi connectivity index (χ1) is 7.04. The first kappa shape index (κ1) is 10.7. The van der Waals surface area contributed by atoms with Crippen molar-refractivity contribution in [1.82, 2.24) is 0 Å². The van der Waals surface area contributed by atoms with E-state index in [9.17, 15) is 0 Å². The summed E-state index contributed by atoms with van der Waals surface area (Å²) in [4.78, 5) is 0. The maximum atomic E-state index is 4.13. The van der Waals surface area contributed by atoms with Crippen LogP contribution in [0.2, 0.25) is 0 Å².